The largest absolute Gasteiger partial charge is 0.291 e. The average Bonchev–Trinajstić information content (AvgIpc) is 3.47. The Balaban J connectivity index is 1.80. The molecule has 0 aromatic heterocycles. The standard InChI is InChI=1S/C22H24N2O/c1-3-5-17-7-13-20(14-8-17)23-24(22(25)19-11-12-19)21-15-9-18(6-4-2)10-16-21/h3-4,7-10,13-16,19,23H,1-2,5-6,11-12H2. The second kappa shape index (κ2) is 7.84. The highest BCUT2D eigenvalue weighted by Crippen LogP contribution is 2.33. The van der Waals surface area contributed by atoms with E-state index in [0.29, 0.717) is 0 Å². The van der Waals surface area contributed by atoms with E-state index in [1.807, 2.05) is 48.6 Å². The number of carbonyl (C=O) groups excluding carboxylic acids is 1. The minimum atomic E-state index is 0.131. The molecule has 2 aromatic rings. The molecule has 0 saturated heterocycles. The first-order chi connectivity index (χ1) is 12.2. The molecule has 1 aliphatic carbocycles. The first-order valence-corrected chi connectivity index (χ1v) is 8.71. The van der Waals surface area contributed by atoms with Crippen molar-refractivity contribution in [3.63, 3.8) is 0 Å². The van der Waals surface area contributed by atoms with E-state index >= 15 is 0 Å². The van der Waals surface area contributed by atoms with Crippen LogP contribution in [-0.2, 0) is 17.6 Å². The van der Waals surface area contributed by atoms with Crippen LogP contribution in [0.2, 0.25) is 0 Å². The SMILES string of the molecule is C=CCc1ccc(NN(C(=O)C2CC2)c2ccc(CC=C)cc2)cc1. The molecule has 1 fully saturated rings. The number of amides is 1. The van der Waals surface area contributed by atoms with Crippen molar-refractivity contribution >= 4 is 17.3 Å². The van der Waals surface area contributed by atoms with Crippen LogP contribution >= 0.6 is 0 Å². The van der Waals surface area contributed by atoms with Crippen LogP contribution in [0.4, 0.5) is 11.4 Å². The molecule has 1 amide bonds. The van der Waals surface area contributed by atoms with Gasteiger partial charge in [0.05, 0.1) is 11.4 Å². The maximum atomic E-state index is 12.7. The van der Waals surface area contributed by atoms with Crippen molar-refractivity contribution in [2.75, 3.05) is 10.4 Å². The van der Waals surface area contributed by atoms with Gasteiger partial charge in [0, 0.05) is 5.92 Å². The summed E-state index contributed by atoms with van der Waals surface area (Å²) in [4.78, 5) is 12.7. The Kier molecular flexibility index (Phi) is 5.34. The molecule has 3 nitrogen and oxygen atoms in total. The molecule has 1 aliphatic rings. The topological polar surface area (TPSA) is 32.3 Å². The lowest BCUT2D eigenvalue weighted by Gasteiger charge is -2.25. The van der Waals surface area contributed by atoms with Gasteiger partial charge >= 0.3 is 0 Å². The van der Waals surface area contributed by atoms with Crippen LogP contribution in [0.3, 0.4) is 0 Å². The number of nitrogens with one attached hydrogen (secondary N) is 1. The van der Waals surface area contributed by atoms with Crippen molar-refractivity contribution < 1.29 is 4.79 Å². The van der Waals surface area contributed by atoms with Gasteiger partial charge in [0.15, 0.2) is 0 Å². The summed E-state index contributed by atoms with van der Waals surface area (Å²) in [5, 5.41) is 1.68. The van der Waals surface area contributed by atoms with Gasteiger partial charge in [-0.15, -0.1) is 13.2 Å². The lowest BCUT2D eigenvalue weighted by atomic mass is 10.1. The lowest BCUT2D eigenvalue weighted by molar-refractivity contribution is -0.119. The molecule has 1 N–H and O–H groups in total. The molecular weight excluding hydrogens is 308 g/mol. The molecule has 0 bridgehead atoms. The monoisotopic (exact) mass is 332 g/mol. The zero-order valence-corrected chi connectivity index (χ0v) is 14.4. The molecule has 0 radical (unpaired) electrons. The third kappa shape index (κ3) is 4.38. The summed E-state index contributed by atoms with van der Waals surface area (Å²) in [6.45, 7) is 7.53. The van der Waals surface area contributed by atoms with Crippen molar-refractivity contribution in [1.82, 2.24) is 0 Å². The van der Waals surface area contributed by atoms with Gasteiger partial charge in [0.25, 0.3) is 0 Å². The van der Waals surface area contributed by atoms with Gasteiger partial charge in [0.2, 0.25) is 5.91 Å². The number of hydrazine groups is 1. The van der Waals surface area contributed by atoms with Crippen LogP contribution in [0, 0.1) is 5.92 Å². The molecule has 3 heteroatoms. The normalized spacial score (nSPS) is 13.1. The Morgan fingerprint density at radius 2 is 1.48 bits per heavy atom. The third-order valence-electron chi connectivity index (χ3n) is 4.30. The summed E-state index contributed by atoms with van der Waals surface area (Å²) in [5.74, 6) is 0.270. The lowest BCUT2D eigenvalue weighted by Crippen LogP contribution is -2.37. The van der Waals surface area contributed by atoms with E-state index in [9.17, 15) is 4.79 Å². The maximum absolute atomic E-state index is 12.7. The van der Waals surface area contributed by atoms with Crippen LogP contribution < -0.4 is 10.4 Å². The molecule has 3 rings (SSSR count). The molecule has 25 heavy (non-hydrogen) atoms. The highest BCUT2D eigenvalue weighted by molar-refractivity contribution is 5.98. The van der Waals surface area contributed by atoms with Gasteiger partial charge in [0.1, 0.15) is 0 Å². The minimum absolute atomic E-state index is 0.131. The van der Waals surface area contributed by atoms with Crippen molar-refractivity contribution in [2.24, 2.45) is 5.92 Å². The van der Waals surface area contributed by atoms with Gasteiger partial charge in [-0.05, 0) is 61.1 Å². The molecule has 128 valence electrons. The van der Waals surface area contributed by atoms with Gasteiger partial charge in [-0.1, -0.05) is 36.4 Å². The predicted molar refractivity (Wildman–Crippen MR) is 105 cm³/mol. The van der Waals surface area contributed by atoms with Crippen LogP contribution in [0.25, 0.3) is 0 Å². The van der Waals surface area contributed by atoms with Crippen molar-refractivity contribution in [2.45, 2.75) is 25.7 Å². The number of hydrogen-bond acceptors (Lipinski definition) is 2. The first kappa shape index (κ1) is 17.0. The number of anilines is 2. The molecule has 0 atom stereocenters. The second-order valence-corrected chi connectivity index (χ2v) is 6.41. The van der Waals surface area contributed by atoms with Crippen LogP contribution in [0.15, 0.2) is 73.8 Å². The van der Waals surface area contributed by atoms with Gasteiger partial charge in [-0.25, -0.2) is 5.01 Å². The van der Waals surface area contributed by atoms with Gasteiger partial charge in [-0.2, -0.15) is 0 Å². The first-order valence-electron chi connectivity index (χ1n) is 8.71. The van der Waals surface area contributed by atoms with E-state index in [-0.39, 0.29) is 11.8 Å². The van der Waals surface area contributed by atoms with Crippen LogP contribution in [0.5, 0.6) is 0 Å². The molecule has 0 unspecified atom stereocenters. The summed E-state index contributed by atoms with van der Waals surface area (Å²) in [6.07, 6.45) is 7.39. The molecule has 1 saturated carbocycles. The zero-order valence-electron chi connectivity index (χ0n) is 14.4. The van der Waals surface area contributed by atoms with Gasteiger partial charge < -0.3 is 0 Å². The van der Waals surface area contributed by atoms with Crippen molar-refractivity contribution in [1.29, 1.82) is 0 Å². The summed E-state index contributed by atoms with van der Waals surface area (Å²) >= 11 is 0. The smallest absolute Gasteiger partial charge is 0.248 e. The summed E-state index contributed by atoms with van der Waals surface area (Å²) < 4.78 is 0. The third-order valence-corrected chi connectivity index (χ3v) is 4.30. The average molecular weight is 332 g/mol. The summed E-state index contributed by atoms with van der Waals surface area (Å²) in [5.41, 5.74) is 7.43. The fourth-order valence-corrected chi connectivity index (χ4v) is 2.72. The molecule has 0 spiro atoms. The van der Waals surface area contributed by atoms with E-state index in [1.165, 1.54) is 11.1 Å². The number of benzene rings is 2. The fraction of sp³-hybridized carbons (Fsp3) is 0.227. The predicted octanol–water partition coefficient (Wildman–Crippen LogP) is 4.91. The van der Waals surface area contributed by atoms with Gasteiger partial charge in [-0.3, -0.25) is 10.2 Å². The number of rotatable bonds is 8. The molecule has 0 heterocycles. The van der Waals surface area contributed by atoms with E-state index in [4.69, 9.17) is 0 Å². The van der Waals surface area contributed by atoms with Crippen molar-refractivity contribution in [3.8, 4) is 0 Å². The Morgan fingerprint density at radius 1 is 0.960 bits per heavy atom. The maximum Gasteiger partial charge on any atom is 0.248 e. The van der Waals surface area contributed by atoms with E-state index in [0.717, 1.165) is 37.1 Å². The number of hydrogen-bond donors (Lipinski definition) is 1. The summed E-state index contributed by atoms with van der Waals surface area (Å²) in [7, 11) is 0. The second-order valence-electron chi connectivity index (χ2n) is 6.41. The van der Waals surface area contributed by atoms with E-state index < -0.39 is 0 Å². The quantitative estimate of drug-likeness (QED) is 0.550. The fourth-order valence-electron chi connectivity index (χ4n) is 2.72. The van der Waals surface area contributed by atoms with E-state index in [1.54, 1.807) is 5.01 Å². The minimum Gasteiger partial charge on any atom is -0.291 e. The Labute approximate surface area is 149 Å². The number of carbonyl (C=O) groups is 1. The molecular formula is C22H24N2O. The highest BCUT2D eigenvalue weighted by atomic mass is 16.2. The molecule has 0 aliphatic heterocycles. The Hall–Kier alpha value is -2.81. The highest BCUT2D eigenvalue weighted by Gasteiger charge is 2.34. The Bertz CT molecular complexity index is 743. The van der Waals surface area contributed by atoms with Crippen LogP contribution in [0.1, 0.15) is 24.0 Å². The molecule has 2 aromatic carbocycles. The zero-order chi connectivity index (χ0) is 17.6. The Morgan fingerprint density at radius 3 is 1.96 bits per heavy atom. The van der Waals surface area contributed by atoms with Crippen LogP contribution in [-0.4, -0.2) is 5.91 Å². The summed E-state index contributed by atoms with van der Waals surface area (Å²) in [6, 6.07) is 16.2. The number of allylic oxidation sites excluding steroid dienone is 2. The van der Waals surface area contributed by atoms with Crippen molar-refractivity contribution in [3.05, 3.63) is 85.0 Å². The van der Waals surface area contributed by atoms with E-state index in [2.05, 4.69) is 30.7 Å². The number of nitrogens with zero attached hydrogens (tertiary/aromatic N) is 1.